The van der Waals surface area contributed by atoms with E-state index in [9.17, 15) is 4.39 Å². The van der Waals surface area contributed by atoms with Crippen LogP contribution in [0, 0.1) is 6.92 Å². The Balaban J connectivity index is 3.18. The van der Waals surface area contributed by atoms with Crippen molar-refractivity contribution in [2.75, 3.05) is 0 Å². The molecule has 0 radical (unpaired) electrons. The number of benzene rings is 1. The zero-order chi connectivity index (χ0) is 10.1. The zero-order valence-electron chi connectivity index (χ0n) is 7.77. The number of rotatable bonds is 2. The Morgan fingerprint density at radius 1 is 1.54 bits per heavy atom. The van der Waals surface area contributed by atoms with Crippen LogP contribution < -0.4 is 0 Å². The number of allylic oxidation sites excluding steroid dienone is 1. The third-order valence-corrected chi connectivity index (χ3v) is 2.53. The van der Waals surface area contributed by atoms with E-state index in [0.29, 0.717) is 10.6 Å². The molecule has 0 heterocycles. The predicted molar refractivity (Wildman–Crippen MR) is 54.8 cm³/mol. The van der Waals surface area contributed by atoms with Crippen molar-refractivity contribution in [2.45, 2.75) is 19.5 Å². The summed E-state index contributed by atoms with van der Waals surface area (Å²) in [5.74, 6) is 0. The van der Waals surface area contributed by atoms with Gasteiger partial charge in [0.25, 0.3) is 0 Å². The molecule has 2 heteroatoms. The van der Waals surface area contributed by atoms with Crippen molar-refractivity contribution in [2.24, 2.45) is 0 Å². The maximum Gasteiger partial charge on any atom is 0.151 e. The fourth-order valence-corrected chi connectivity index (χ4v) is 1.18. The highest BCUT2D eigenvalue weighted by Crippen LogP contribution is 2.29. The average molecular weight is 199 g/mol. The molecule has 0 saturated carbocycles. The quantitative estimate of drug-likeness (QED) is 0.630. The van der Waals surface area contributed by atoms with Gasteiger partial charge in [-0.2, -0.15) is 0 Å². The molecule has 0 spiro atoms. The van der Waals surface area contributed by atoms with Crippen LogP contribution in [0.15, 0.2) is 30.9 Å². The Bertz CT molecular complexity index is 329. The van der Waals surface area contributed by atoms with Crippen molar-refractivity contribution in [1.29, 1.82) is 0 Å². The van der Waals surface area contributed by atoms with Crippen LogP contribution in [0.1, 0.15) is 18.1 Å². The first kappa shape index (κ1) is 10.3. The van der Waals surface area contributed by atoms with E-state index in [4.69, 9.17) is 11.6 Å². The maximum absolute atomic E-state index is 13.7. The predicted octanol–water partition coefficient (Wildman–Crippen LogP) is 4.02. The highest BCUT2D eigenvalue weighted by atomic mass is 35.5. The normalized spacial score (nSPS) is 15.1. The second-order valence-corrected chi connectivity index (χ2v) is 3.65. The van der Waals surface area contributed by atoms with Crippen LogP contribution in [0.25, 0.3) is 0 Å². The van der Waals surface area contributed by atoms with Gasteiger partial charge in [0.15, 0.2) is 5.67 Å². The van der Waals surface area contributed by atoms with Gasteiger partial charge in [0.2, 0.25) is 0 Å². The molecule has 0 aromatic heterocycles. The zero-order valence-corrected chi connectivity index (χ0v) is 8.53. The van der Waals surface area contributed by atoms with E-state index in [0.717, 1.165) is 5.56 Å². The lowest BCUT2D eigenvalue weighted by atomic mass is 9.97. The SMILES string of the molecule is C=CC(C)(F)c1ccc(Cl)c(C)c1. The number of hydrogen-bond acceptors (Lipinski definition) is 0. The van der Waals surface area contributed by atoms with E-state index in [1.165, 1.54) is 13.0 Å². The second-order valence-electron chi connectivity index (χ2n) is 3.24. The van der Waals surface area contributed by atoms with Gasteiger partial charge < -0.3 is 0 Å². The lowest BCUT2D eigenvalue weighted by molar-refractivity contribution is 0.264. The summed E-state index contributed by atoms with van der Waals surface area (Å²) in [5.41, 5.74) is -0.00990. The minimum absolute atomic E-state index is 0.587. The second kappa shape index (κ2) is 3.51. The Morgan fingerprint density at radius 2 is 2.15 bits per heavy atom. The molecule has 0 fully saturated rings. The van der Waals surface area contributed by atoms with E-state index < -0.39 is 5.67 Å². The largest absolute Gasteiger partial charge is 0.234 e. The van der Waals surface area contributed by atoms with E-state index in [2.05, 4.69) is 6.58 Å². The maximum atomic E-state index is 13.7. The summed E-state index contributed by atoms with van der Waals surface area (Å²) >= 11 is 5.83. The van der Waals surface area contributed by atoms with Crippen molar-refractivity contribution >= 4 is 11.6 Å². The molecule has 0 N–H and O–H groups in total. The highest BCUT2D eigenvalue weighted by Gasteiger charge is 2.21. The number of alkyl halides is 1. The molecule has 0 aliphatic rings. The van der Waals surface area contributed by atoms with Crippen molar-refractivity contribution in [1.82, 2.24) is 0 Å². The van der Waals surface area contributed by atoms with E-state index in [1.54, 1.807) is 18.2 Å². The van der Waals surface area contributed by atoms with Crippen LogP contribution in [0.5, 0.6) is 0 Å². The Kier molecular flexibility index (Phi) is 2.77. The highest BCUT2D eigenvalue weighted by molar-refractivity contribution is 6.31. The van der Waals surface area contributed by atoms with Crippen LogP contribution in [-0.2, 0) is 5.67 Å². The lowest BCUT2D eigenvalue weighted by Crippen LogP contribution is -2.10. The Labute approximate surface area is 83.0 Å². The molecular formula is C11H12ClF. The topological polar surface area (TPSA) is 0 Å². The van der Waals surface area contributed by atoms with Crippen molar-refractivity contribution in [3.63, 3.8) is 0 Å². The molecule has 1 unspecified atom stereocenters. The molecule has 1 aromatic carbocycles. The molecule has 0 aliphatic heterocycles. The van der Waals surface area contributed by atoms with Crippen LogP contribution in [0.3, 0.4) is 0 Å². The van der Waals surface area contributed by atoms with Gasteiger partial charge in [0, 0.05) is 5.02 Å². The summed E-state index contributed by atoms with van der Waals surface area (Å²) in [6.07, 6.45) is 1.29. The van der Waals surface area contributed by atoms with E-state index in [-0.39, 0.29) is 0 Å². The summed E-state index contributed by atoms with van der Waals surface area (Å²) in [5, 5.41) is 0.656. The molecule has 0 bridgehead atoms. The molecule has 0 amide bonds. The molecule has 70 valence electrons. The third-order valence-electron chi connectivity index (χ3n) is 2.11. The van der Waals surface area contributed by atoms with E-state index >= 15 is 0 Å². The average Bonchev–Trinajstić information content (AvgIpc) is 2.09. The summed E-state index contributed by atoms with van der Waals surface area (Å²) in [6, 6.07) is 5.12. The van der Waals surface area contributed by atoms with Gasteiger partial charge in [0.05, 0.1) is 0 Å². The van der Waals surface area contributed by atoms with Gasteiger partial charge in [-0.05, 0) is 31.0 Å². The van der Waals surface area contributed by atoms with Crippen LogP contribution in [0.4, 0.5) is 4.39 Å². The molecule has 1 aromatic rings. The van der Waals surface area contributed by atoms with Crippen molar-refractivity contribution < 1.29 is 4.39 Å². The van der Waals surface area contributed by atoms with Gasteiger partial charge in [-0.15, -0.1) is 0 Å². The molecule has 0 saturated heterocycles. The third kappa shape index (κ3) is 2.10. The minimum Gasteiger partial charge on any atom is -0.234 e. The number of halogens is 2. The van der Waals surface area contributed by atoms with Crippen molar-refractivity contribution in [3.05, 3.63) is 47.0 Å². The summed E-state index contributed by atoms with van der Waals surface area (Å²) in [6.45, 7) is 6.78. The fourth-order valence-electron chi connectivity index (χ4n) is 1.07. The summed E-state index contributed by atoms with van der Waals surface area (Å²) in [4.78, 5) is 0. The molecule has 0 nitrogen and oxygen atoms in total. The standard InChI is InChI=1S/C11H12ClF/c1-4-11(3,13)9-5-6-10(12)8(2)7-9/h4-7H,1H2,2-3H3. The Hall–Kier alpha value is -0.820. The van der Waals surface area contributed by atoms with Crippen LogP contribution in [0.2, 0.25) is 5.02 Å². The smallest absolute Gasteiger partial charge is 0.151 e. The minimum atomic E-state index is -1.48. The van der Waals surface area contributed by atoms with E-state index in [1.807, 2.05) is 6.92 Å². The first-order valence-electron chi connectivity index (χ1n) is 4.06. The first-order valence-corrected chi connectivity index (χ1v) is 4.44. The monoisotopic (exact) mass is 198 g/mol. The van der Waals surface area contributed by atoms with Crippen LogP contribution in [-0.4, -0.2) is 0 Å². The molecule has 13 heavy (non-hydrogen) atoms. The van der Waals surface area contributed by atoms with Gasteiger partial charge in [-0.3, -0.25) is 0 Å². The molecule has 1 rings (SSSR count). The lowest BCUT2D eigenvalue weighted by Gasteiger charge is -2.16. The summed E-state index contributed by atoms with van der Waals surface area (Å²) < 4.78 is 13.7. The van der Waals surface area contributed by atoms with Gasteiger partial charge in [-0.25, -0.2) is 4.39 Å². The molecular weight excluding hydrogens is 187 g/mol. The van der Waals surface area contributed by atoms with Gasteiger partial charge in [0.1, 0.15) is 0 Å². The fraction of sp³-hybridized carbons (Fsp3) is 0.273. The van der Waals surface area contributed by atoms with Crippen molar-refractivity contribution in [3.8, 4) is 0 Å². The molecule has 0 aliphatic carbocycles. The number of aryl methyl sites for hydroxylation is 1. The van der Waals surface area contributed by atoms with Gasteiger partial charge >= 0.3 is 0 Å². The molecule has 1 atom stereocenters. The Morgan fingerprint density at radius 3 is 2.62 bits per heavy atom. The van der Waals surface area contributed by atoms with Crippen LogP contribution >= 0.6 is 11.6 Å². The summed E-state index contributed by atoms with van der Waals surface area (Å²) in [7, 11) is 0. The first-order chi connectivity index (χ1) is 5.97. The number of hydrogen-bond donors (Lipinski definition) is 0. The van der Waals surface area contributed by atoms with Gasteiger partial charge in [-0.1, -0.05) is 36.4 Å².